The molecule has 0 saturated heterocycles. The lowest BCUT2D eigenvalue weighted by atomic mass is 10.1. The number of amides is 1. The van der Waals surface area contributed by atoms with E-state index in [2.05, 4.69) is 26.1 Å². The molecule has 0 saturated carbocycles. The van der Waals surface area contributed by atoms with Crippen molar-refractivity contribution < 1.29 is 14.0 Å². The molecule has 0 spiro atoms. The van der Waals surface area contributed by atoms with Crippen LogP contribution in [0.5, 0.6) is 0 Å². The molecule has 0 fully saturated rings. The fraction of sp³-hybridized carbons (Fsp3) is 0.167. The number of hydrogen-bond donors (Lipinski definition) is 0. The molecule has 0 atom stereocenters. The van der Waals surface area contributed by atoms with Crippen LogP contribution >= 0.6 is 15.9 Å². The molecule has 0 bridgehead atoms. The Kier molecular flexibility index (Phi) is 2.70. The second kappa shape index (κ2) is 4.27. The monoisotopic (exact) mass is 321 g/mol. The zero-order chi connectivity index (χ0) is 13.6. The molecular weight excluding hydrogens is 314 g/mol. The van der Waals surface area contributed by atoms with Gasteiger partial charge in [-0.15, -0.1) is 10.2 Å². The van der Waals surface area contributed by atoms with Gasteiger partial charge in [0.15, 0.2) is 0 Å². The molecule has 2 heterocycles. The molecule has 7 heteroatoms. The molecule has 2 aromatic rings. The highest BCUT2D eigenvalue weighted by Gasteiger charge is 2.37. The van der Waals surface area contributed by atoms with Gasteiger partial charge < -0.3 is 4.42 Å². The number of halogens is 1. The number of ketones is 1. The molecule has 0 radical (unpaired) electrons. The number of hydrogen-bond acceptors (Lipinski definition) is 5. The van der Waals surface area contributed by atoms with Crippen LogP contribution in [0.25, 0.3) is 0 Å². The lowest BCUT2D eigenvalue weighted by Crippen LogP contribution is -2.29. The van der Waals surface area contributed by atoms with Gasteiger partial charge in [0.2, 0.25) is 11.8 Å². The lowest BCUT2D eigenvalue weighted by molar-refractivity contribution is -0.114. The van der Waals surface area contributed by atoms with Gasteiger partial charge in [0.25, 0.3) is 11.7 Å². The number of Topliss-reactive ketones (excluding diaryl/α,β-unsaturated/α-hetero) is 1. The first-order valence-corrected chi connectivity index (χ1v) is 6.31. The van der Waals surface area contributed by atoms with E-state index >= 15 is 0 Å². The second-order valence-corrected chi connectivity index (χ2v) is 4.92. The first-order valence-electron chi connectivity index (χ1n) is 5.51. The number of aryl methyl sites for hydroxylation is 1. The molecule has 1 aliphatic rings. The van der Waals surface area contributed by atoms with Crippen molar-refractivity contribution in [3.8, 4) is 0 Å². The summed E-state index contributed by atoms with van der Waals surface area (Å²) < 4.78 is 5.84. The molecule has 0 unspecified atom stereocenters. The Labute approximate surface area is 116 Å². The zero-order valence-corrected chi connectivity index (χ0v) is 11.5. The van der Waals surface area contributed by atoms with E-state index in [1.807, 2.05) is 0 Å². The zero-order valence-electron chi connectivity index (χ0n) is 9.88. The lowest BCUT2D eigenvalue weighted by Gasteiger charge is -2.13. The average molecular weight is 322 g/mol. The van der Waals surface area contributed by atoms with Gasteiger partial charge in [0, 0.05) is 11.4 Å². The van der Waals surface area contributed by atoms with Crippen molar-refractivity contribution in [1.82, 2.24) is 10.2 Å². The number of fused-ring (bicyclic) bond motifs is 1. The molecule has 6 nitrogen and oxygen atoms in total. The van der Waals surface area contributed by atoms with Crippen molar-refractivity contribution in [1.29, 1.82) is 0 Å². The van der Waals surface area contributed by atoms with Crippen molar-refractivity contribution in [2.75, 3.05) is 4.90 Å². The Hall–Kier alpha value is -2.02. The number of carbonyl (C=O) groups is 2. The summed E-state index contributed by atoms with van der Waals surface area (Å²) >= 11 is 3.28. The Balaban J connectivity index is 2.02. The highest BCUT2D eigenvalue weighted by Crippen LogP contribution is 2.34. The summed E-state index contributed by atoms with van der Waals surface area (Å²) in [6.07, 6.45) is 0. The number of nitrogens with zero attached hydrogens (tertiary/aromatic N) is 3. The molecule has 1 aliphatic heterocycles. The first-order chi connectivity index (χ1) is 9.08. The summed E-state index contributed by atoms with van der Waals surface area (Å²) in [4.78, 5) is 25.3. The molecule has 0 N–H and O–H groups in total. The van der Waals surface area contributed by atoms with E-state index < -0.39 is 11.7 Å². The van der Waals surface area contributed by atoms with Gasteiger partial charge in [0.1, 0.15) is 6.54 Å². The van der Waals surface area contributed by atoms with E-state index in [0.717, 1.165) is 0 Å². The van der Waals surface area contributed by atoms with E-state index in [9.17, 15) is 9.59 Å². The van der Waals surface area contributed by atoms with E-state index in [1.165, 1.54) is 4.90 Å². The number of benzene rings is 1. The minimum Gasteiger partial charge on any atom is -0.424 e. The van der Waals surface area contributed by atoms with Crippen molar-refractivity contribution in [2.45, 2.75) is 13.5 Å². The number of rotatable bonds is 2. The van der Waals surface area contributed by atoms with Crippen LogP contribution in [0.1, 0.15) is 22.1 Å². The predicted octanol–water partition coefficient (Wildman–Crippen LogP) is 1.87. The SMILES string of the molecule is Cc1nnc(CN2C(=O)C(=O)c3c(Br)cccc32)o1. The summed E-state index contributed by atoms with van der Waals surface area (Å²) in [6, 6.07) is 5.21. The molecule has 0 aliphatic carbocycles. The van der Waals surface area contributed by atoms with Crippen LogP contribution in [-0.2, 0) is 11.3 Å². The van der Waals surface area contributed by atoms with Gasteiger partial charge in [-0.2, -0.15) is 0 Å². The van der Waals surface area contributed by atoms with Gasteiger partial charge in [-0.25, -0.2) is 0 Å². The highest BCUT2D eigenvalue weighted by molar-refractivity contribution is 9.10. The third-order valence-electron chi connectivity index (χ3n) is 2.81. The quantitative estimate of drug-likeness (QED) is 0.789. The van der Waals surface area contributed by atoms with Crippen LogP contribution in [0.15, 0.2) is 27.1 Å². The molecule has 1 amide bonds. The number of carbonyl (C=O) groups excluding carboxylic acids is 2. The Morgan fingerprint density at radius 1 is 1.32 bits per heavy atom. The maximum Gasteiger partial charge on any atom is 0.299 e. The minimum atomic E-state index is -0.585. The largest absolute Gasteiger partial charge is 0.424 e. The minimum absolute atomic E-state index is 0.0921. The fourth-order valence-corrected chi connectivity index (χ4v) is 2.53. The Morgan fingerprint density at radius 3 is 2.79 bits per heavy atom. The van der Waals surface area contributed by atoms with Crippen LogP contribution in [-0.4, -0.2) is 21.9 Å². The fourth-order valence-electron chi connectivity index (χ4n) is 2.00. The molecular formula is C12H8BrN3O3. The molecule has 96 valence electrons. The predicted molar refractivity (Wildman–Crippen MR) is 68.7 cm³/mol. The summed E-state index contributed by atoms with van der Waals surface area (Å²) in [6.45, 7) is 1.76. The summed E-state index contributed by atoms with van der Waals surface area (Å²) in [5.74, 6) is -0.398. The van der Waals surface area contributed by atoms with Gasteiger partial charge in [-0.05, 0) is 28.1 Å². The van der Waals surface area contributed by atoms with Crippen LogP contribution in [0.2, 0.25) is 0 Å². The highest BCUT2D eigenvalue weighted by atomic mass is 79.9. The normalized spacial score (nSPS) is 14.1. The van der Waals surface area contributed by atoms with Crippen molar-refractivity contribution in [3.63, 3.8) is 0 Å². The van der Waals surface area contributed by atoms with E-state index in [1.54, 1.807) is 25.1 Å². The topological polar surface area (TPSA) is 76.3 Å². The Morgan fingerprint density at radius 2 is 2.11 bits per heavy atom. The van der Waals surface area contributed by atoms with Crippen LogP contribution in [0, 0.1) is 6.92 Å². The molecule has 19 heavy (non-hydrogen) atoms. The van der Waals surface area contributed by atoms with Crippen molar-refractivity contribution in [3.05, 3.63) is 40.0 Å². The van der Waals surface area contributed by atoms with E-state index in [0.29, 0.717) is 27.5 Å². The third kappa shape index (κ3) is 1.86. The smallest absolute Gasteiger partial charge is 0.299 e. The maximum absolute atomic E-state index is 12.0. The number of anilines is 1. The second-order valence-electron chi connectivity index (χ2n) is 4.07. The van der Waals surface area contributed by atoms with Crippen molar-refractivity contribution >= 4 is 33.3 Å². The Bertz CT molecular complexity index is 695. The van der Waals surface area contributed by atoms with Crippen LogP contribution in [0.3, 0.4) is 0 Å². The molecule has 3 rings (SSSR count). The number of aromatic nitrogens is 2. The third-order valence-corrected chi connectivity index (χ3v) is 3.47. The van der Waals surface area contributed by atoms with Crippen LogP contribution < -0.4 is 4.90 Å². The van der Waals surface area contributed by atoms with Crippen LogP contribution in [0.4, 0.5) is 5.69 Å². The van der Waals surface area contributed by atoms with Crippen molar-refractivity contribution in [2.24, 2.45) is 0 Å². The van der Waals surface area contributed by atoms with E-state index in [4.69, 9.17) is 4.42 Å². The summed E-state index contributed by atoms with van der Waals surface area (Å²) in [5.41, 5.74) is 0.934. The van der Waals surface area contributed by atoms with Gasteiger partial charge in [-0.1, -0.05) is 6.07 Å². The van der Waals surface area contributed by atoms with E-state index in [-0.39, 0.29) is 6.54 Å². The van der Waals surface area contributed by atoms with Gasteiger partial charge >= 0.3 is 0 Å². The first kappa shape index (κ1) is 12.0. The van der Waals surface area contributed by atoms with Gasteiger partial charge in [0.05, 0.1) is 11.3 Å². The average Bonchev–Trinajstić information content (AvgIpc) is 2.88. The van der Waals surface area contributed by atoms with Gasteiger partial charge in [-0.3, -0.25) is 14.5 Å². The summed E-state index contributed by atoms with van der Waals surface area (Å²) in [7, 11) is 0. The maximum atomic E-state index is 12.0. The molecule has 1 aromatic carbocycles. The summed E-state index contributed by atoms with van der Waals surface area (Å²) in [5, 5.41) is 7.53. The standard InChI is InChI=1S/C12H8BrN3O3/c1-6-14-15-9(19-6)5-16-8-4-2-3-7(13)10(8)11(17)12(16)18/h2-4H,5H2,1H3. The molecule has 1 aromatic heterocycles.